The van der Waals surface area contributed by atoms with Gasteiger partial charge >= 0.3 is 0 Å². The summed E-state index contributed by atoms with van der Waals surface area (Å²) >= 11 is 3.20. The Morgan fingerprint density at radius 3 is 2.85 bits per heavy atom. The molecule has 0 radical (unpaired) electrons. The Balaban J connectivity index is 1.62. The molecule has 0 saturated carbocycles. The predicted octanol–water partition coefficient (Wildman–Crippen LogP) is 3.22. The van der Waals surface area contributed by atoms with Crippen molar-refractivity contribution in [3.63, 3.8) is 0 Å². The quantitative estimate of drug-likeness (QED) is 0.907. The standard InChI is InChI=1S/C16H14BrNO2/c17-14-6-5-11(8-15(14)19)16(20)18-9-12-7-10-3-1-2-4-13(10)12/h1-6,8,12,19H,7,9H2,(H,18,20). The van der Waals surface area contributed by atoms with E-state index in [2.05, 4.69) is 33.4 Å². The largest absolute Gasteiger partial charge is 0.507 e. The van der Waals surface area contributed by atoms with E-state index in [4.69, 9.17) is 0 Å². The fraction of sp³-hybridized carbons (Fsp3) is 0.188. The van der Waals surface area contributed by atoms with Crippen LogP contribution in [0.15, 0.2) is 46.9 Å². The fourth-order valence-electron chi connectivity index (χ4n) is 2.52. The van der Waals surface area contributed by atoms with Gasteiger partial charge in [-0.3, -0.25) is 4.79 Å². The van der Waals surface area contributed by atoms with Crippen LogP contribution in [0.5, 0.6) is 5.75 Å². The van der Waals surface area contributed by atoms with E-state index >= 15 is 0 Å². The van der Waals surface area contributed by atoms with Crippen LogP contribution >= 0.6 is 15.9 Å². The lowest BCUT2D eigenvalue weighted by Crippen LogP contribution is -2.33. The van der Waals surface area contributed by atoms with E-state index in [1.165, 1.54) is 17.2 Å². The van der Waals surface area contributed by atoms with Crippen LogP contribution in [0, 0.1) is 0 Å². The highest BCUT2D eigenvalue weighted by Gasteiger charge is 2.25. The minimum atomic E-state index is -0.155. The zero-order valence-electron chi connectivity index (χ0n) is 10.8. The summed E-state index contributed by atoms with van der Waals surface area (Å²) in [6, 6.07) is 13.1. The number of nitrogens with one attached hydrogen (secondary N) is 1. The molecule has 1 amide bonds. The van der Waals surface area contributed by atoms with Gasteiger partial charge < -0.3 is 10.4 Å². The van der Waals surface area contributed by atoms with Gasteiger partial charge in [-0.2, -0.15) is 0 Å². The van der Waals surface area contributed by atoms with Crippen LogP contribution in [0.1, 0.15) is 27.4 Å². The number of carbonyl (C=O) groups excluding carboxylic acids is 1. The number of rotatable bonds is 3. The van der Waals surface area contributed by atoms with Crippen molar-refractivity contribution in [2.24, 2.45) is 0 Å². The maximum absolute atomic E-state index is 12.0. The summed E-state index contributed by atoms with van der Waals surface area (Å²) in [6.07, 6.45) is 1.02. The molecule has 1 atom stereocenters. The highest BCUT2D eigenvalue weighted by Crippen LogP contribution is 2.34. The number of hydrogen-bond donors (Lipinski definition) is 2. The summed E-state index contributed by atoms with van der Waals surface area (Å²) in [7, 11) is 0. The molecule has 1 aliphatic rings. The van der Waals surface area contributed by atoms with Crippen LogP contribution in [0.2, 0.25) is 0 Å². The summed E-state index contributed by atoms with van der Waals surface area (Å²) in [6.45, 7) is 0.632. The first kappa shape index (κ1) is 13.2. The molecule has 1 aliphatic carbocycles. The molecule has 4 heteroatoms. The lowest BCUT2D eigenvalue weighted by atomic mass is 9.77. The molecule has 0 spiro atoms. The number of benzene rings is 2. The fourth-order valence-corrected chi connectivity index (χ4v) is 2.76. The van der Waals surface area contributed by atoms with Crippen molar-refractivity contribution >= 4 is 21.8 Å². The van der Waals surface area contributed by atoms with Gasteiger partial charge in [0.15, 0.2) is 0 Å². The number of halogens is 1. The first-order valence-corrected chi connectivity index (χ1v) is 7.29. The van der Waals surface area contributed by atoms with Crippen LogP contribution in [-0.4, -0.2) is 17.6 Å². The molecule has 102 valence electrons. The first-order valence-electron chi connectivity index (χ1n) is 6.49. The van der Waals surface area contributed by atoms with Gasteiger partial charge in [-0.25, -0.2) is 0 Å². The van der Waals surface area contributed by atoms with E-state index in [0.717, 1.165) is 6.42 Å². The van der Waals surface area contributed by atoms with E-state index in [1.54, 1.807) is 12.1 Å². The normalized spacial score (nSPS) is 16.1. The summed E-state index contributed by atoms with van der Waals surface area (Å²) in [5.74, 6) is 0.322. The lowest BCUT2D eigenvalue weighted by molar-refractivity contribution is 0.0949. The van der Waals surface area contributed by atoms with Gasteiger partial charge in [0.1, 0.15) is 5.75 Å². The monoisotopic (exact) mass is 331 g/mol. The van der Waals surface area contributed by atoms with Crippen molar-refractivity contribution < 1.29 is 9.90 Å². The maximum atomic E-state index is 12.0. The van der Waals surface area contributed by atoms with Crippen molar-refractivity contribution in [2.75, 3.05) is 6.54 Å². The molecule has 0 saturated heterocycles. The average molecular weight is 332 g/mol. The molecule has 1 unspecified atom stereocenters. The SMILES string of the molecule is O=C(NCC1Cc2ccccc21)c1ccc(Br)c(O)c1. The van der Waals surface area contributed by atoms with Crippen molar-refractivity contribution in [2.45, 2.75) is 12.3 Å². The number of fused-ring (bicyclic) bond motifs is 1. The summed E-state index contributed by atoms with van der Waals surface area (Å²) in [5, 5.41) is 12.5. The third kappa shape index (κ3) is 2.43. The molecule has 0 aromatic heterocycles. The topological polar surface area (TPSA) is 49.3 Å². The number of phenols is 1. The molecule has 3 rings (SSSR count). The number of aromatic hydroxyl groups is 1. The Labute approximate surface area is 125 Å². The van der Waals surface area contributed by atoms with Gasteiger partial charge in [0.05, 0.1) is 4.47 Å². The predicted molar refractivity (Wildman–Crippen MR) is 81.0 cm³/mol. The summed E-state index contributed by atoms with van der Waals surface area (Å²) in [4.78, 5) is 12.0. The number of carbonyl (C=O) groups is 1. The van der Waals surface area contributed by atoms with Gasteiger partial charge in [0.25, 0.3) is 5.91 Å². The van der Waals surface area contributed by atoms with Crippen LogP contribution in [0.4, 0.5) is 0 Å². The van der Waals surface area contributed by atoms with Crippen LogP contribution in [-0.2, 0) is 6.42 Å². The minimum absolute atomic E-state index is 0.0756. The van der Waals surface area contributed by atoms with Gasteiger partial charge in [-0.15, -0.1) is 0 Å². The molecule has 0 fully saturated rings. The van der Waals surface area contributed by atoms with Crippen molar-refractivity contribution in [3.8, 4) is 5.75 Å². The Bertz CT molecular complexity index is 669. The van der Waals surface area contributed by atoms with E-state index in [0.29, 0.717) is 22.5 Å². The summed E-state index contributed by atoms with van der Waals surface area (Å²) in [5.41, 5.74) is 3.16. The average Bonchev–Trinajstić information content (AvgIpc) is 2.42. The van der Waals surface area contributed by atoms with Gasteiger partial charge in [-0.05, 0) is 51.7 Å². The number of hydrogen-bond acceptors (Lipinski definition) is 2. The Kier molecular flexibility index (Phi) is 3.49. The molecule has 0 aliphatic heterocycles. The Morgan fingerprint density at radius 2 is 2.10 bits per heavy atom. The van der Waals surface area contributed by atoms with E-state index in [1.807, 2.05) is 12.1 Å². The smallest absolute Gasteiger partial charge is 0.251 e. The van der Waals surface area contributed by atoms with E-state index in [-0.39, 0.29) is 11.7 Å². The molecule has 3 nitrogen and oxygen atoms in total. The molecule has 2 aromatic carbocycles. The molecule has 0 heterocycles. The van der Waals surface area contributed by atoms with Gasteiger partial charge in [0, 0.05) is 18.0 Å². The van der Waals surface area contributed by atoms with Crippen molar-refractivity contribution in [1.29, 1.82) is 0 Å². The summed E-state index contributed by atoms with van der Waals surface area (Å²) < 4.78 is 0.585. The van der Waals surface area contributed by atoms with Gasteiger partial charge in [0.2, 0.25) is 0 Å². The second kappa shape index (κ2) is 5.29. The molecule has 2 aromatic rings. The van der Waals surface area contributed by atoms with Crippen molar-refractivity contribution in [1.82, 2.24) is 5.32 Å². The third-order valence-corrected chi connectivity index (χ3v) is 4.35. The zero-order chi connectivity index (χ0) is 14.1. The first-order chi connectivity index (χ1) is 9.65. The lowest BCUT2D eigenvalue weighted by Gasteiger charge is -2.30. The van der Waals surface area contributed by atoms with Crippen molar-refractivity contribution in [3.05, 3.63) is 63.6 Å². The van der Waals surface area contributed by atoms with Crippen LogP contribution in [0.3, 0.4) is 0 Å². The highest BCUT2D eigenvalue weighted by molar-refractivity contribution is 9.10. The van der Waals surface area contributed by atoms with Crippen LogP contribution in [0.25, 0.3) is 0 Å². The maximum Gasteiger partial charge on any atom is 0.251 e. The second-order valence-electron chi connectivity index (χ2n) is 4.98. The molecule has 2 N–H and O–H groups in total. The highest BCUT2D eigenvalue weighted by atomic mass is 79.9. The number of phenolic OH excluding ortho intramolecular Hbond substituents is 1. The molecular formula is C16H14BrNO2. The van der Waals surface area contributed by atoms with Crippen LogP contribution < -0.4 is 5.32 Å². The molecule has 20 heavy (non-hydrogen) atoms. The Hall–Kier alpha value is -1.81. The van der Waals surface area contributed by atoms with Gasteiger partial charge in [-0.1, -0.05) is 24.3 Å². The third-order valence-electron chi connectivity index (χ3n) is 3.68. The molecular weight excluding hydrogens is 318 g/mol. The Morgan fingerprint density at radius 1 is 1.30 bits per heavy atom. The second-order valence-corrected chi connectivity index (χ2v) is 5.83. The number of amides is 1. The zero-order valence-corrected chi connectivity index (χ0v) is 12.4. The minimum Gasteiger partial charge on any atom is -0.507 e. The van der Waals surface area contributed by atoms with E-state index < -0.39 is 0 Å². The van der Waals surface area contributed by atoms with E-state index in [9.17, 15) is 9.90 Å². The molecule has 0 bridgehead atoms.